The predicted molar refractivity (Wildman–Crippen MR) is 195 cm³/mol. The number of thiophene rings is 1. The van der Waals surface area contributed by atoms with Crippen molar-refractivity contribution in [3.63, 3.8) is 0 Å². The maximum atomic E-state index is 5.15. The summed E-state index contributed by atoms with van der Waals surface area (Å²) >= 11 is 1.88. The third kappa shape index (κ3) is 3.16. The summed E-state index contributed by atoms with van der Waals surface area (Å²) in [6.07, 6.45) is 0. The standard InChI is InChI=1S/C42H23N3S/c1-2-9-24(10-3-1)39-31-12-4-6-15-34(31)43-42(44-39)25-17-22-37-33(23-25)30-19-18-27-29(41(30)46-37)20-21-36-38(27)32-14-8-13-28-26-11-5-7-16-35(26)45(36)40(28)32/h1-23H. The van der Waals surface area contributed by atoms with Crippen molar-refractivity contribution in [2.24, 2.45) is 0 Å². The molecule has 212 valence electrons. The van der Waals surface area contributed by atoms with Gasteiger partial charge in [0, 0.05) is 63.6 Å². The second-order valence-corrected chi connectivity index (χ2v) is 13.2. The molecule has 7 aromatic carbocycles. The highest BCUT2D eigenvalue weighted by Crippen LogP contribution is 2.45. The van der Waals surface area contributed by atoms with E-state index in [1.54, 1.807) is 0 Å². The molecule has 0 N–H and O–H groups in total. The summed E-state index contributed by atoms with van der Waals surface area (Å²) in [5, 5.41) is 11.5. The maximum Gasteiger partial charge on any atom is 0.160 e. The molecule has 0 aliphatic carbocycles. The van der Waals surface area contributed by atoms with Crippen molar-refractivity contribution in [3.8, 4) is 22.6 Å². The molecule has 46 heavy (non-hydrogen) atoms. The molecule has 0 unspecified atom stereocenters. The number of hydrogen-bond acceptors (Lipinski definition) is 3. The Balaban J connectivity index is 1.16. The zero-order valence-electron chi connectivity index (χ0n) is 24.5. The molecular weight excluding hydrogens is 579 g/mol. The Morgan fingerprint density at radius 3 is 2.13 bits per heavy atom. The van der Waals surface area contributed by atoms with Crippen molar-refractivity contribution in [1.82, 2.24) is 14.4 Å². The fourth-order valence-electron chi connectivity index (χ4n) is 7.73. The summed E-state index contributed by atoms with van der Waals surface area (Å²) in [5.41, 5.74) is 7.90. The molecule has 0 aliphatic heterocycles. The van der Waals surface area contributed by atoms with E-state index in [0.29, 0.717) is 0 Å². The number of fused-ring (bicyclic) bond motifs is 13. The smallest absolute Gasteiger partial charge is 0.160 e. The summed E-state index contributed by atoms with van der Waals surface area (Å²) < 4.78 is 5.06. The average molecular weight is 602 g/mol. The number of para-hydroxylation sites is 3. The summed E-state index contributed by atoms with van der Waals surface area (Å²) in [5.74, 6) is 0.750. The largest absolute Gasteiger partial charge is 0.308 e. The van der Waals surface area contributed by atoms with Crippen LogP contribution in [0.25, 0.3) is 103 Å². The zero-order chi connectivity index (χ0) is 29.9. The Labute approximate surface area is 266 Å². The van der Waals surface area contributed by atoms with Crippen LogP contribution in [0.4, 0.5) is 0 Å². The van der Waals surface area contributed by atoms with Crippen LogP contribution in [0.2, 0.25) is 0 Å². The third-order valence-corrected chi connectivity index (χ3v) is 10.9. The molecule has 0 bridgehead atoms. The van der Waals surface area contributed by atoms with Crippen LogP contribution in [0, 0.1) is 0 Å². The molecule has 0 radical (unpaired) electrons. The lowest BCUT2D eigenvalue weighted by Crippen LogP contribution is -1.95. The highest BCUT2D eigenvalue weighted by molar-refractivity contribution is 7.26. The van der Waals surface area contributed by atoms with Gasteiger partial charge in [0.1, 0.15) is 0 Å². The first-order chi connectivity index (χ1) is 22.8. The molecule has 11 rings (SSSR count). The lowest BCUT2D eigenvalue weighted by molar-refractivity contribution is 1.23. The van der Waals surface area contributed by atoms with Gasteiger partial charge in [0.2, 0.25) is 0 Å². The molecule has 3 nitrogen and oxygen atoms in total. The molecular formula is C42H23N3S. The van der Waals surface area contributed by atoms with E-state index in [0.717, 1.165) is 33.5 Å². The highest BCUT2D eigenvalue weighted by atomic mass is 32.1. The molecule has 0 saturated carbocycles. The highest BCUT2D eigenvalue weighted by Gasteiger charge is 2.20. The van der Waals surface area contributed by atoms with Crippen LogP contribution in [0.1, 0.15) is 0 Å². The number of nitrogens with zero attached hydrogens (tertiary/aromatic N) is 3. The lowest BCUT2D eigenvalue weighted by atomic mass is 10.00. The van der Waals surface area contributed by atoms with Crippen molar-refractivity contribution < 1.29 is 0 Å². The Bertz CT molecular complexity index is 3020. The van der Waals surface area contributed by atoms with Gasteiger partial charge in [-0.1, -0.05) is 103 Å². The predicted octanol–water partition coefficient (Wildman–Crippen LogP) is 11.6. The molecule has 4 heterocycles. The van der Waals surface area contributed by atoms with Crippen LogP contribution in [-0.2, 0) is 0 Å². The molecule has 0 saturated heterocycles. The SMILES string of the molecule is c1ccc(-c2nc(-c3ccc4sc5c(ccc6c5ccc5c6c6cccc7c8ccccc8n5c76)c4c3)nc3ccccc23)cc1. The number of aromatic nitrogens is 3. The van der Waals surface area contributed by atoms with E-state index in [1.165, 1.54) is 69.0 Å². The van der Waals surface area contributed by atoms with Gasteiger partial charge in [-0.3, -0.25) is 0 Å². The summed E-state index contributed by atoms with van der Waals surface area (Å²) in [6, 6.07) is 50.2. The Morgan fingerprint density at radius 1 is 0.457 bits per heavy atom. The van der Waals surface area contributed by atoms with Gasteiger partial charge in [-0.15, -0.1) is 11.3 Å². The minimum atomic E-state index is 0.750. The molecule has 0 atom stereocenters. The number of benzene rings is 7. The molecule has 0 spiro atoms. The Morgan fingerprint density at radius 2 is 1.20 bits per heavy atom. The van der Waals surface area contributed by atoms with Gasteiger partial charge in [0.05, 0.1) is 27.8 Å². The molecule has 0 fully saturated rings. The summed E-state index contributed by atoms with van der Waals surface area (Å²) in [4.78, 5) is 10.2. The Kier molecular flexibility index (Phi) is 4.72. The first kappa shape index (κ1) is 24.5. The lowest BCUT2D eigenvalue weighted by Gasteiger charge is -2.09. The second-order valence-electron chi connectivity index (χ2n) is 12.1. The second kappa shape index (κ2) is 8.87. The van der Waals surface area contributed by atoms with Crippen molar-refractivity contribution in [1.29, 1.82) is 0 Å². The minimum Gasteiger partial charge on any atom is -0.308 e. The number of hydrogen-bond donors (Lipinski definition) is 0. The summed E-state index contributed by atoms with van der Waals surface area (Å²) in [7, 11) is 0. The van der Waals surface area contributed by atoms with Gasteiger partial charge in [0.15, 0.2) is 5.82 Å². The van der Waals surface area contributed by atoms with Gasteiger partial charge in [-0.2, -0.15) is 0 Å². The zero-order valence-corrected chi connectivity index (χ0v) is 25.3. The van der Waals surface area contributed by atoms with Crippen molar-refractivity contribution in [2.75, 3.05) is 0 Å². The molecule has 0 aliphatic rings. The van der Waals surface area contributed by atoms with E-state index < -0.39 is 0 Å². The van der Waals surface area contributed by atoms with Crippen molar-refractivity contribution in [2.45, 2.75) is 0 Å². The topological polar surface area (TPSA) is 30.2 Å². The Hall–Kier alpha value is -5.84. The van der Waals surface area contributed by atoms with Crippen LogP contribution < -0.4 is 0 Å². The average Bonchev–Trinajstić information content (AvgIpc) is 3.78. The van der Waals surface area contributed by atoms with E-state index in [-0.39, 0.29) is 0 Å². The van der Waals surface area contributed by atoms with Gasteiger partial charge in [0.25, 0.3) is 0 Å². The molecule has 11 aromatic rings. The van der Waals surface area contributed by atoms with Crippen molar-refractivity contribution in [3.05, 3.63) is 140 Å². The van der Waals surface area contributed by atoms with Crippen molar-refractivity contribution >= 4 is 91.3 Å². The number of rotatable bonds is 2. The normalized spacial score (nSPS) is 12.3. The fraction of sp³-hybridized carbons (Fsp3) is 0. The van der Waals surface area contributed by atoms with Crippen LogP contribution >= 0.6 is 11.3 Å². The first-order valence-corrected chi connectivity index (χ1v) is 16.4. The van der Waals surface area contributed by atoms with Gasteiger partial charge < -0.3 is 4.40 Å². The maximum absolute atomic E-state index is 5.15. The van der Waals surface area contributed by atoms with E-state index in [1.807, 2.05) is 23.5 Å². The minimum absolute atomic E-state index is 0.750. The van der Waals surface area contributed by atoms with Crippen LogP contribution in [0.15, 0.2) is 140 Å². The van der Waals surface area contributed by atoms with E-state index in [2.05, 4.69) is 132 Å². The van der Waals surface area contributed by atoms with E-state index in [9.17, 15) is 0 Å². The monoisotopic (exact) mass is 601 g/mol. The van der Waals surface area contributed by atoms with Gasteiger partial charge in [-0.25, -0.2) is 9.97 Å². The molecule has 4 aromatic heterocycles. The molecule has 0 amide bonds. The quantitative estimate of drug-likeness (QED) is 0.197. The van der Waals surface area contributed by atoms with E-state index in [4.69, 9.17) is 9.97 Å². The summed E-state index contributed by atoms with van der Waals surface area (Å²) in [6.45, 7) is 0. The first-order valence-electron chi connectivity index (χ1n) is 15.6. The van der Waals surface area contributed by atoms with Crippen LogP contribution in [0.3, 0.4) is 0 Å². The van der Waals surface area contributed by atoms with Gasteiger partial charge in [-0.05, 0) is 41.8 Å². The van der Waals surface area contributed by atoms with E-state index >= 15 is 0 Å². The van der Waals surface area contributed by atoms with Gasteiger partial charge >= 0.3 is 0 Å². The third-order valence-electron chi connectivity index (χ3n) is 9.72. The fourth-order valence-corrected chi connectivity index (χ4v) is 8.94. The van der Waals surface area contributed by atoms with Crippen LogP contribution in [-0.4, -0.2) is 14.4 Å². The van der Waals surface area contributed by atoms with Crippen LogP contribution in [0.5, 0.6) is 0 Å². The molecule has 4 heteroatoms.